The summed E-state index contributed by atoms with van der Waals surface area (Å²) in [6, 6.07) is 30.8. The summed E-state index contributed by atoms with van der Waals surface area (Å²) in [5.74, 6) is -0.216. The maximum atomic E-state index is 12.7. The van der Waals surface area contributed by atoms with Crippen LogP contribution in [0.15, 0.2) is 109 Å². The number of hydrogen-bond acceptors (Lipinski definition) is 6. The number of nitrogens with one attached hydrogen (secondary N) is 3. The number of nitro benzene ring substituents is 1. The largest absolute Gasteiger partial charge is 0.356 e. The van der Waals surface area contributed by atoms with E-state index in [2.05, 4.69) is 20.9 Å². The summed E-state index contributed by atoms with van der Waals surface area (Å²) in [5, 5.41) is 21.3. The first-order valence-electron chi connectivity index (χ1n) is 11.2. The van der Waals surface area contributed by atoms with Gasteiger partial charge >= 0.3 is 0 Å². The number of nitrogens with zero attached hydrogens (tertiary/aromatic N) is 2. The van der Waals surface area contributed by atoms with Gasteiger partial charge in [0.25, 0.3) is 11.6 Å². The average molecular weight is 476 g/mol. The van der Waals surface area contributed by atoms with Gasteiger partial charge < -0.3 is 16.0 Å². The van der Waals surface area contributed by atoms with Crippen LogP contribution in [0, 0.1) is 10.1 Å². The summed E-state index contributed by atoms with van der Waals surface area (Å²) in [4.78, 5) is 27.5. The van der Waals surface area contributed by atoms with Gasteiger partial charge in [0.15, 0.2) is 0 Å². The standard InChI is InChI=1S/C28H21N5O3/c34-28(32-23-12-10-21(11-13-23)30-20-4-2-1-3-5-20)19-6-8-22(9-7-19)31-26-16-17-29-27-18-24(33(35)36)14-15-25(26)27/h1-18,30H,(H,29,31)(H,32,34). The summed E-state index contributed by atoms with van der Waals surface area (Å²) < 4.78 is 0. The van der Waals surface area contributed by atoms with Crippen molar-refractivity contribution in [3.05, 3.63) is 125 Å². The van der Waals surface area contributed by atoms with Gasteiger partial charge in [0.2, 0.25) is 0 Å². The van der Waals surface area contributed by atoms with Crippen molar-refractivity contribution in [1.29, 1.82) is 0 Å². The van der Waals surface area contributed by atoms with Gasteiger partial charge in [0, 0.05) is 57.7 Å². The van der Waals surface area contributed by atoms with E-state index in [0.717, 1.165) is 28.1 Å². The number of rotatable bonds is 7. The predicted molar refractivity (Wildman–Crippen MR) is 142 cm³/mol. The Bertz CT molecular complexity index is 1540. The first kappa shape index (κ1) is 22.5. The third-order valence-electron chi connectivity index (χ3n) is 5.57. The van der Waals surface area contributed by atoms with Crippen molar-refractivity contribution in [3.8, 4) is 0 Å². The van der Waals surface area contributed by atoms with Crippen LogP contribution in [0.1, 0.15) is 10.4 Å². The molecule has 1 heterocycles. The Morgan fingerprint density at radius 2 is 1.36 bits per heavy atom. The van der Waals surface area contributed by atoms with Gasteiger partial charge in [-0.25, -0.2) is 0 Å². The molecule has 0 aliphatic heterocycles. The number of carbonyl (C=O) groups is 1. The normalized spacial score (nSPS) is 10.6. The molecule has 0 fully saturated rings. The Kier molecular flexibility index (Phi) is 6.23. The van der Waals surface area contributed by atoms with Crippen molar-refractivity contribution in [2.24, 2.45) is 0 Å². The summed E-state index contributed by atoms with van der Waals surface area (Å²) in [7, 11) is 0. The van der Waals surface area contributed by atoms with Crippen molar-refractivity contribution in [1.82, 2.24) is 4.98 Å². The Balaban J connectivity index is 1.24. The first-order chi connectivity index (χ1) is 17.5. The second kappa shape index (κ2) is 9.94. The van der Waals surface area contributed by atoms with Crippen LogP contribution in [-0.4, -0.2) is 15.8 Å². The maximum absolute atomic E-state index is 12.7. The van der Waals surface area contributed by atoms with Gasteiger partial charge in [-0.3, -0.25) is 19.9 Å². The summed E-state index contributed by atoms with van der Waals surface area (Å²) in [6.45, 7) is 0. The SMILES string of the molecule is O=C(Nc1ccc(Nc2ccccc2)cc1)c1ccc(Nc2ccnc3cc([N+](=O)[O-])ccc23)cc1. The first-order valence-corrected chi connectivity index (χ1v) is 11.2. The highest BCUT2D eigenvalue weighted by Crippen LogP contribution is 2.28. The Morgan fingerprint density at radius 3 is 2.08 bits per heavy atom. The Morgan fingerprint density at radius 1 is 0.722 bits per heavy atom. The van der Waals surface area contributed by atoms with Crippen LogP contribution >= 0.6 is 0 Å². The van der Waals surface area contributed by atoms with Gasteiger partial charge in [-0.05, 0) is 72.8 Å². The van der Waals surface area contributed by atoms with Crippen molar-refractivity contribution in [2.45, 2.75) is 0 Å². The lowest BCUT2D eigenvalue weighted by atomic mass is 10.1. The fourth-order valence-electron chi connectivity index (χ4n) is 3.75. The van der Waals surface area contributed by atoms with E-state index in [4.69, 9.17) is 0 Å². The van der Waals surface area contributed by atoms with Crippen LogP contribution in [-0.2, 0) is 0 Å². The summed E-state index contributed by atoms with van der Waals surface area (Å²) in [5.41, 5.74) is 5.17. The van der Waals surface area contributed by atoms with Gasteiger partial charge in [-0.2, -0.15) is 0 Å². The fraction of sp³-hybridized carbons (Fsp3) is 0. The molecule has 1 aromatic heterocycles. The highest BCUT2D eigenvalue weighted by Gasteiger charge is 2.10. The van der Waals surface area contributed by atoms with Crippen LogP contribution in [0.3, 0.4) is 0 Å². The highest BCUT2D eigenvalue weighted by atomic mass is 16.6. The Labute approximate surface area is 206 Å². The lowest BCUT2D eigenvalue weighted by Gasteiger charge is -2.11. The molecule has 0 spiro atoms. The lowest BCUT2D eigenvalue weighted by Crippen LogP contribution is -2.11. The van der Waals surface area contributed by atoms with Gasteiger partial charge in [0.1, 0.15) is 0 Å². The monoisotopic (exact) mass is 475 g/mol. The number of fused-ring (bicyclic) bond motifs is 1. The van der Waals surface area contributed by atoms with E-state index < -0.39 is 4.92 Å². The number of anilines is 5. The molecule has 1 amide bonds. The summed E-state index contributed by atoms with van der Waals surface area (Å²) in [6.07, 6.45) is 1.59. The number of hydrogen-bond donors (Lipinski definition) is 3. The van der Waals surface area contributed by atoms with E-state index in [0.29, 0.717) is 16.8 Å². The number of para-hydroxylation sites is 1. The number of carbonyl (C=O) groups excluding carboxylic acids is 1. The van der Waals surface area contributed by atoms with E-state index >= 15 is 0 Å². The molecule has 36 heavy (non-hydrogen) atoms. The van der Waals surface area contributed by atoms with Crippen molar-refractivity contribution >= 4 is 50.9 Å². The van der Waals surface area contributed by atoms with Crippen molar-refractivity contribution in [2.75, 3.05) is 16.0 Å². The highest BCUT2D eigenvalue weighted by molar-refractivity contribution is 6.04. The molecule has 5 aromatic rings. The molecule has 0 saturated carbocycles. The fourth-order valence-corrected chi connectivity index (χ4v) is 3.75. The van der Waals surface area contributed by atoms with Gasteiger partial charge in [-0.15, -0.1) is 0 Å². The smallest absolute Gasteiger partial charge is 0.271 e. The molecule has 0 aliphatic carbocycles. The molecular weight excluding hydrogens is 454 g/mol. The molecule has 0 bridgehead atoms. The molecule has 3 N–H and O–H groups in total. The van der Waals surface area contributed by atoms with Crippen LogP contribution in [0.5, 0.6) is 0 Å². The predicted octanol–water partition coefficient (Wildman–Crippen LogP) is 6.88. The zero-order chi connectivity index (χ0) is 24.9. The zero-order valence-corrected chi connectivity index (χ0v) is 19.0. The molecule has 5 rings (SSSR count). The number of non-ortho nitro benzene ring substituents is 1. The third kappa shape index (κ3) is 5.13. The minimum Gasteiger partial charge on any atom is -0.356 e. The minimum atomic E-state index is -0.443. The van der Waals surface area contributed by atoms with E-state index in [1.807, 2.05) is 54.6 Å². The molecular formula is C28H21N5O3. The number of pyridine rings is 1. The zero-order valence-electron chi connectivity index (χ0n) is 19.0. The average Bonchev–Trinajstić information content (AvgIpc) is 2.90. The summed E-state index contributed by atoms with van der Waals surface area (Å²) >= 11 is 0. The number of benzene rings is 4. The molecule has 0 aliphatic rings. The molecule has 0 saturated heterocycles. The van der Waals surface area contributed by atoms with E-state index in [9.17, 15) is 14.9 Å². The van der Waals surface area contributed by atoms with E-state index in [1.165, 1.54) is 12.1 Å². The quantitative estimate of drug-likeness (QED) is 0.175. The van der Waals surface area contributed by atoms with Crippen LogP contribution in [0.25, 0.3) is 10.9 Å². The minimum absolute atomic E-state index is 0.00962. The van der Waals surface area contributed by atoms with Crippen LogP contribution in [0.2, 0.25) is 0 Å². The number of amides is 1. The Hall–Kier alpha value is -5.24. The molecule has 176 valence electrons. The molecule has 0 radical (unpaired) electrons. The van der Waals surface area contributed by atoms with Crippen LogP contribution < -0.4 is 16.0 Å². The topological polar surface area (TPSA) is 109 Å². The third-order valence-corrected chi connectivity index (χ3v) is 5.57. The van der Waals surface area contributed by atoms with Crippen LogP contribution in [0.4, 0.5) is 34.1 Å². The molecule has 4 aromatic carbocycles. The van der Waals surface area contributed by atoms with Gasteiger partial charge in [0.05, 0.1) is 10.4 Å². The lowest BCUT2D eigenvalue weighted by molar-refractivity contribution is -0.384. The maximum Gasteiger partial charge on any atom is 0.271 e. The second-order valence-corrected chi connectivity index (χ2v) is 8.04. The van der Waals surface area contributed by atoms with Crippen molar-refractivity contribution < 1.29 is 9.72 Å². The second-order valence-electron chi connectivity index (χ2n) is 8.04. The molecule has 0 unspecified atom stereocenters. The van der Waals surface area contributed by atoms with E-state index in [1.54, 1.807) is 42.6 Å². The molecule has 8 heteroatoms. The number of nitro groups is 1. The van der Waals surface area contributed by atoms with E-state index in [-0.39, 0.29) is 11.6 Å². The van der Waals surface area contributed by atoms with Gasteiger partial charge in [-0.1, -0.05) is 18.2 Å². The number of aromatic nitrogens is 1. The molecule has 8 nitrogen and oxygen atoms in total. The van der Waals surface area contributed by atoms with Crippen molar-refractivity contribution in [3.63, 3.8) is 0 Å². The molecule has 0 atom stereocenters.